The number of amides is 1. The zero-order chi connectivity index (χ0) is 15.9. The average Bonchev–Trinajstić information content (AvgIpc) is 2.73. The highest BCUT2D eigenvalue weighted by atomic mass is 19.1. The Kier molecular flexibility index (Phi) is 6.34. The molecule has 0 aliphatic carbocycles. The van der Waals surface area contributed by atoms with E-state index in [0.717, 1.165) is 51.1 Å². The van der Waals surface area contributed by atoms with Crippen LogP contribution in [0.25, 0.3) is 0 Å². The summed E-state index contributed by atoms with van der Waals surface area (Å²) in [5.41, 5.74) is 6.82. The highest BCUT2D eigenvalue weighted by molar-refractivity contribution is 5.76. The van der Waals surface area contributed by atoms with E-state index < -0.39 is 0 Å². The molecule has 1 fully saturated rings. The van der Waals surface area contributed by atoms with Crippen LogP contribution in [0, 0.1) is 5.82 Å². The van der Waals surface area contributed by atoms with Crippen LogP contribution in [0.2, 0.25) is 0 Å². The van der Waals surface area contributed by atoms with Crippen molar-refractivity contribution in [3.05, 3.63) is 35.6 Å². The van der Waals surface area contributed by atoms with Crippen molar-refractivity contribution >= 4 is 5.91 Å². The van der Waals surface area contributed by atoms with Gasteiger partial charge in [0.1, 0.15) is 5.82 Å². The third-order valence-electron chi connectivity index (χ3n) is 4.07. The van der Waals surface area contributed by atoms with Crippen LogP contribution in [0.15, 0.2) is 24.3 Å². The van der Waals surface area contributed by atoms with Crippen molar-refractivity contribution in [2.24, 2.45) is 5.73 Å². The lowest BCUT2D eigenvalue weighted by Gasteiger charge is -2.22. The summed E-state index contributed by atoms with van der Waals surface area (Å²) < 4.78 is 12.9. The summed E-state index contributed by atoms with van der Waals surface area (Å²) in [4.78, 5) is 16.4. The minimum Gasteiger partial charge on any atom is -0.341 e. The number of hydrogen-bond donors (Lipinski definition) is 1. The van der Waals surface area contributed by atoms with Gasteiger partial charge in [0.25, 0.3) is 0 Å². The Morgan fingerprint density at radius 2 is 1.95 bits per heavy atom. The Hall–Kier alpha value is -1.46. The topological polar surface area (TPSA) is 49.6 Å². The van der Waals surface area contributed by atoms with Crippen molar-refractivity contribution in [2.75, 3.05) is 26.2 Å². The predicted octanol–water partition coefficient (Wildman–Crippen LogP) is 1.99. The first-order valence-corrected chi connectivity index (χ1v) is 8.05. The molecule has 1 saturated heterocycles. The summed E-state index contributed by atoms with van der Waals surface area (Å²) in [7, 11) is 0. The van der Waals surface area contributed by atoms with Crippen molar-refractivity contribution in [2.45, 2.75) is 38.8 Å². The molecule has 0 aromatic heterocycles. The molecular weight excluding hydrogens is 281 g/mol. The maximum absolute atomic E-state index is 12.9. The van der Waals surface area contributed by atoms with Gasteiger partial charge < -0.3 is 10.6 Å². The minimum absolute atomic E-state index is 0.0749. The van der Waals surface area contributed by atoms with Gasteiger partial charge in [-0.3, -0.25) is 9.69 Å². The second kappa shape index (κ2) is 8.25. The van der Waals surface area contributed by atoms with Gasteiger partial charge in [0.2, 0.25) is 5.91 Å². The molecule has 0 spiro atoms. The maximum Gasteiger partial charge on any atom is 0.222 e. The number of rotatable bonds is 5. The molecular formula is C17H26FN3O. The van der Waals surface area contributed by atoms with E-state index >= 15 is 0 Å². The summed E-state index contributed by atoms with van der Waals surface area (Å²) in [5, 5.41) is 0. The Labute approximate surface area is 132 Å². The van der Waals surface area contributed by atoms with Crippen LogP contribution < -0.4 is 5.73 Å². The van der Waals surface area contributed by atoms with Gasteiger partial charge in [-0.15, -0.1) is 0 Å². The van der Waals surface area contributed by atoms with Crippen LogP contribution >= 0.6 is 0 Å². The molecule has 0 radical (unpaired) electrons. The van der Waals surface area contributed by atoms with E-state index in [0.29, 0.717) is 6.42 Å². The van der Waals surface area contributed by atoms with Gasteiger partial charge in [0, 0.05) is 45.2 Å². The summed E-state index contributed by atoms with van der Waals surface area (Å²) in [6.07, 6.45) is 2.26. The van der Waals surface area contributed by atoms with Crippen molar-refractivity contribution in [3.63, 3.8) is 0 Å². The Morgan fingerprint density at radius 1 is 1.23 bits per heavy atom. The molecule has 4 nitrogen and oxygen atoms in total. The Bertz CT molecular complexity index is 475. The van der Waals surface area contributed by atoms with E-state index in [1.165, 1.54) is 12.1 Å². The van der Waals surface area contributed by atoms with Crippen LogP contribution in [-0.2, 0) is 11.3 Å². The molecule has 122 valence electrons. The van der Waals surface area contributed by atoms with Gasteiger partial charge in [-0.05, 0) is 37.5 Å². The van der Waals surface area contributed by atoms with Crippen LogP contribution in [0.5, 0.6) is 0 Å². The molecule has 5 heteroatoms. The van der Waals surface area contributed by atoms with Gasteiger partial charge >= 0.3 is 0 Å². The molecule has 1 aliphatic heterocycles. The van der Waals surface area contributed by atoms with Crippen LogP contribution in [-0.4, -0.2) is 47.9 Å². The summed E-state index contributed by atoms with van der Waals surface area (Å²) in [5.74, 6) is 0.00597. The van der Waals surface area contributed by atoms with Crippen LogP contribution in [0.3, 0.4) is 0 Å². The van der Waals surface area contributed by atoms with Crippen molar-refractivity contribution < 1.29 is 9.18 Å². The zero-order valence-electron chi connectivity index (χ0n) is 13.3. The lowest BCUT2D eigenvalue weighted by molar-refractivity contribution is -0.131. The first-order valence-electron chi connectivity index (χ1n) is 8.05. The van der Waals surface area contributed by atoms with E-state index in [9.17, 15) is 9.18 Å². The SMILES string of the molecule is CC(N)CCC(=O)N1CCCN(Cc2ccc(F)cc2)CC1. The molecule has 1 atom stereocenters. The van der Waals surface area contributed by atoms with Gasteiger partial charge in [-0.25, -0.2) is 4.39 Å². The first kappa shape index (κ1) is 16.9. The molecule has 1 aromatic rings. The summed E-state index contributed by atoms with van der Waals surface area (Å²) >= 11 is 0. The molecule has 2 rings (SSSR count). The van der Waals surface area contributed by atoms with Crippen molar-refractivity contribution in [1.82, 2.24) is 9.80 Å². The molecule has 2 N–H and O–H groups in total. The van der Waals surface area contributed by atoms with Crippen molar-refractivity contribution in [1.29, 1.82) is 0 Å². The summed E-state index contributed by atoms with van der Waals surface area (Å²) in [6, 6.07) is 6.72. The number of nitrogens with zero attached hydrogens (tertiary/aromatic N) is 2. The molecule has 1 heterocycles. The lowest BCUT2D eigenvalue weighted by Crippen LogP contribution is -2.35. The fourth-order valence-electron chi connectivity index (χ4n) is 2.74. The van der Waals surface area contributed by atoms with Gasteiger partial charge in [-0.2, -0.15) is 0 Å². The molecule has 1 amide bonds. The molecule has 1 aliphatic rings. The van der Waals surface area contributed by atoms with Gasteiger partial charge in [0.15, 0.2) is 0 Å². The van der Waals surface area contributed by atoms with E-state index in [1.807, 2.05) is 24.0 Å². The lowest BCUT2D eigenvalue weighted by atomic mass is 10.2. The minimum atomic E-state index is -0.203. The van der Waals surface area contributed by atoms with E-state index in [1.54, 1.807) is 0 Å². The third kappa shape index (κ3) is 5.39. The van der Waals surface area contributed by atoms with E-state index in [-0.39, 0.29) is 17.8 Å². The number of benzene rings is 1. The number of hydrogen-bond acceptors (Lipinski definition) is 3. The second-order valence-corrected chi connectivity index (χ2v) is 6.15. The monoisotopic (exact) mass is 307 g/mol. The molecule has 0 saturated carbocycles. The van der Waals surface area contributed by atoms with Gasteiger partial charge in [-0.1, -0.05) is 12.1 Å². The average molecular weight is 307 g/mol. The van der Waals surface area contributed by atoms with E-state index in [2.05, 4.69) is 4.90 Å². The van der Waals surface area contributed by atoms with Crippen molar-refractivity contribution in [3.8, 4) is 0 Å². The standard InChI is InChI=1S/C17H26FN3O/c1-14(19)3-8-17(22)21-10-2-9-20(11-12-21)13-15-4-6-16(18)7-5-15/h4-7,14H,2-3,8-13,19H2,1H3. The molecule has 0 bridgehead atoms. The normalized spacial score (nSPS) is 18.0. The van der Waals surface area contributed by atoms with Crippen LogP contribution in [0.4, 0.5) is 4.39 Å². The number of halogens is 1. The second-order valence-electron chi connectivity index (χ2n) is 6.15. The number of nitrogens with two attached hydrogens (primary N) is 1. The maximum atomic E-state index is 12.9. The number of carbonyl (C=O) groups is 1. The molecule has 1 aromatic carbocycles. The molecule has 1 unspecified atom stereocenters. The predicted molar refractivity (Wildman–Crippen MR) is 85.8 cm³/mol. The van der Waals surface area contributed by atoms with E-state index in [4.69, 9.17) is 5.73 Å². The quantitative estimate of drug-likeness (QED) is 0.905. The molecule has 22 heavy (non-hydrogen) atoms. The Morgan fingerprint density at radius 3 is 2.64 bits per heavy atom. The Balaban J connectivity index is 1.81. The summed E-state index contributed by atoms with van der Waals surface area (Å²) in [6.45, 7) is 6.15. The highest BCUT2D eigenvalue weighted by Crippen LogP contribution is 2.11. The smallest absolute Gasteiger partial charge is 0.222 e. The van der Waals surface area contributed by atoms with Gasteiger partial charge in [0.05, 0.1) is 0 Å². The van der Waals surface area contributed by atoms with Crippen LogP contribution in [0.1, 0.15) is 31.7 Å². The largest absolute Gasteiger partial charge is 0.341 e. The fraction of sp³-hybridized carbons (Fsp3) is 0.588. The third-order valence-corrected chi connectivity index (χ3v) is 4.07. The zero-order valence-corrected chi connectivity index (χ0v) is 13.3. The highest BCUT2D eigenvalue weighted by Gasteiger charge is 2.19. The first-order chi connectivity index (χ1) is 10.5. The fourth-order valence-corrected chi connectivity index (χ4v) is 2.74. The number of carbonyl (C=O) groups excluding carboxylic acids is 1.